The van der Waals surface area contributed by atoms with E-state index in [4.69, 9.17) is 0 Å². The van der Waals surface area contributed by atoms with Gasteiger partial charge in [0, 0.05) is 18.5 Å². The Kier molecular flexibility index (Phi) is 6.30. The molecule has 0 aromatic rings. The third kappa shape index (κ3) is 4.74. The van der Waals surface area contributed by atoms with Crippen LogP contribution in [0.4, 0.5) is 0 Å². The zero-order chi connectivity index (χ0) is 14.4. The highest BCUT2D eigenvalue weighted by Crippen LogP contribution is 2.20. The predicted molar refractivity (Wildman–Crippen MR) is 82.7 cm³/mol. The second kappa shape index (κ2) is 7.99. The molecule has 2 aliphatic heterocycles. The lowest BCUT2D eigenvalue weighted by atomic mass is 9.91. The Morgan fingerprint density at radius 1 is 1.30 bits per heavy atom. The summed E-state index contributed by atoms with van der Waals surface area (Å²) in [7, 11) is 0. The summed E-state index contributed by atoms with van der Waals surface area (Å²) in [6.07, 6.45) is 5.73. The molecule has 2 N–H and O–H groups in total. The number of hydrogen-bond acceptors (Lipinski definition) is 3. The molecule has 4 nitrogen and oxygen atoms in total. The van der Waals surface area contributed by atoms with Crippen LogP contribution in [-0.2, 0) is 4.79 Å². The summed E-state index contributed by atoms with van der Waals surface area (Å²) in [5.41, 5.74) is 0. The van der Waals surface area contributed by atoms with Crippen LogP contribution in [0.2, 0.25) is 0 Å². The van der Waals surface area contributed by atoms with Gasteiger partial charge in [0.05, 0.1) is 0 Å². The van der Waals surface area contributed by atoms with Crippen LogP contribution in [0.25, 0.3) is 0 Å². The van der Waals surface area contributed by atoms with E-state index in [0.29, 0.717) is 6.04 Å². The maximum absolute atomic E-state index is 12.1. The third-order valence-corrected chi connectivity index (χ3v) is 5.00. The van der Waals surface area contributed by atoms with Gasteiger partial charge in [-0.3, -0.25) is 4.79 Å². The molecule has 0 unspecified atom stereocenters. The lowest BCUT2D eigenvalue weighted by molar-refractivity contribution is -0.126. The molecule has 0 aromatic carbocycles. The van der Waals surface area contributed by atoms with Crippen LogP contribution in [0.15, 0.2) is 0 Å². The molecule has 4 heteroatoms. The van der Waals surface area contributed by atoms with Crippen LogP contribution < -0.4 is 10.6 Å². The van der Waals surface area contributed by atoms with Crippen molar-refractivity contribution in [3.05, 3.63) is 0 Å². The van der Waals surface area contributed by atoms with E-state index in [1.807, 2.05) is 0 Å². The SMILES string of the molecule is CCN1CCC(CCNC(=O)[C@H]2CCN[C@@H](C)C2)CC1. The van der Waals surface area contributed by atoms with Gasteiger partial charge in [0.2, 0.25) is 5.91 Å². The zero-order valence-electron chi connectivity index (χ0n) is 13.2. The van der Waals surface area contributed by atoms with Gasteiger partial charge in [-0.05, 0) is 71.1 Å². The molecule has 1 amide bonds. The van der Waals surface area contributed by atoms with Gasteiger partial charge >= 0.3 is 0 Å². The van der Waals surface area contributed by atoms with Gasteiger partial charge in [0.15, 0.2) is 0 Å². The number of carbonyl (C=O) groups excluding carboxylic acids is 1. The fraction of sp³-hybridized carbons (Fsp3) is 0.938. The number of amides is 1. The zero-order valence-corrected chi connectivity index (χ0v) is 13.2. The van der Waals surface area contributed by atoms with Gasteiger partial charge < -0.3 is 15.5 Å². The normalized spacial score (nSPS) is 29.3. The molecule has 0 saturated carbocycles. The number of piperidine rings is 2. The van der Waals surface area contributed by atoms with Crippen molar-refractivity contribution in [3.8, 4) is 0 Å². The van der Waals surface area contributed by atoms with Crippen molar-refractivity contribution in [1.82, 2.24) is 15.5 Å². The number of nitrogens with one attached hydrogen (secondary N) is 2. The molecule has 2 fully saturated rings. The van der Waals surface area contributed by atoms with E-state index in [-0.39, 0.29) is 11.8 Å². The monoisotopic (exact) mass is 281 g/mol. The number of carbonyl (C=O) groups is 1. The van der Waals surface area contributed by atoms with Gasteiger partial charge in [-0.15, -0.1) is 0 Å². The predicted octanol–water partition coefficient (Wildman–Crippen LogP) is 1.61. The highest BCUT2D eigenvalue weighted by atomic mass is 16.1. The molecule has 116 valence electrons. The molecular weight excluding hydrogens is 250 g/mol. The minimum Gasteiger partial charge on any atom is -0.356 e. The average Bonchev–Trinajstić information content (AvgIpc) is 2.48. The van der Waals surface area contributed by atoms with E-state index in [1.165, 1.54) is 32.5 Å². The summed E-state index contributed by atoms with van der Waals surface area (Å²) in [4.78, 5) is 14.7. The second-order valence-electron chi connectivity index (χ2n) is 6.53. The second-order valence-corrected chi connectivity index (χ2v) is 6.53. The van der Waals surface area contributed by atoms with Crippen LogP contribution in [0.3, 0.4) is 0 Å². The fourth-order valence-electron chi connectivity index (χ4n) is 3.51. The van der Waals surface area contributed by atoms with Gasteiger partial charge in [0.1, 0.15) is 0 Å². The fourth-order valence-corrected chi connectivity index (χ4v) is 3.51. The van der Waals surface area contributed by atoms with E-state index >= 15 is 0 Å². The first-order valence-corrected chi connectivity index (χ1v) is 8.42. The van der Waals surface area contributed by atoms with E-state index in [9.17, 15) is 4.79 Å². The third-order valence-electron chi connectivity index (χ3n) is 5.00. The van der Waals surface area contributed by atoms with Crippen LogP contribution in [0, 0.1) is 11.8 Å². The number of nitrogens with zero attached hydrogens (tertiary/aromatic N) is 1. The summed E-state index contributed by atoms with van der Waals surface area (Å²) in [5, 5.41) is 6.56. The van der Waals surface area contributed by atoms with Crippen LogP contribution in [-0.4, -0.2) is 49.6 Å². The van der Waals surface area contributed by atoms with Crippen molar-refractivity contribution in [2.75, 3.05) is 32.7 Å². The first kappa shape index (κ1) is 15.8. The van der Waals surface area contributed by atoms with Gasteiger partial charge in [-0.1, -0.05) is 6.92 Å². The average molecular weight is 281 g/mol. The Bertz CT molecular complexity index is 300. The van der Waals surface area contributed by atoms with Crippen LogP contribution in [0.5, 0.6) is 0 Å². The van der Waals surface area contributed by atoms with Crippen molar-refractivity contribution < 1.29 is 4.79 Å². The van der Waals surface area contributed by atoms with Gasteiger partial charge in [-0.25, -0.2) is 0 Å². The summed E-state index contributed by atoms with van der Waals surface area (Å²) < 4.78 is 0. The Balaban J connectivity index is 1.60. The van der Waals surface area contributed by atoms with Gasteiger partial charge in [0.25, 0.3) is 0 Å². The molecule has 2 aliphatic rings. The highest BCUT2D eigenvalue weighted by molar-refractivity contribution is 5.78. The maximum Gasteiger partial charge on any atom is 0.223 e. The Morgan fingerprint density at radius 3 is 2.70 bits per heavy atom. The quantitative estimate of drug-likeness (QED) is 0.805. The number of hydrogen-bond donors (Lipinski definition) is 2. The lowest BCUT2D eigenvalue weighted by Crippen LogP contribution is -2.43. The molecule has 0 bridgehead atoms. The number of rotatable bonds is 5. The first-order chi connectivity index (χ1) is 9.69. The minimum atomic E-state index is 0.230. The van der Waals surface area contributed by atoms with Crippen molar-refractivity contribution in [2.24, 2.45) is 11.8 Å². The lowest BCUT2D eigenvalue weighted by Gasteiger charge is -2.31. The summed E-state index contributed by atoms with van der Waals surface area (Å²) >= 11 is 0. The molecule has 0 radical (unpaired) electrons. The molecule has 2 atom stereocenters. The molecule has 2 saturated heterocycles. The van der Waals surface area contributed by atoms with Crippen LogP contribution in [0.1, 0.15) is 46.0 Å². The largest absolute Gasteiger partial charge is 0.356 e. The molecule has 2 rings (SSSR count). The molecule has 0 aliphatic carbocycles. The first-order valence-electron chi connectivity index (χ1n) is 8.42. The summed E-state index contributed by atoms with van der Waals surface area (Å²) in [6, 6.07) is 0.484. The molecule has 0 aromatic heterocycles. The van der Waals surface area contributed by atoms with E-state index in [1.54, 1.807) is 0 Å². The van der Waals surface area contributed by atoms with E-state index in [0.717, 1.165) is 38.3 Å². The van der Waals surface area contributed by atoms with Crippen molar-refractivity contribution in [1.29, 1.82) is 0 Å². The molecule has 2 heterocycles. The highest BCUT2D eigenvalue weighted by Gasteiger charge is 2.24. The smallest absolute Gasteiger partial charge is 0.223 e. The Morgan fingerprint density at radius 2 is 2.05 bits per heavy atom. The van der Waals surface area contributed by atoms with Crippen molar-refractivity contribution >= 4 is 5.91 Å². The maximum atomic E-state index is 12.1. The summed E-state index contributed by atoms with van der Waals surface area (Å²) in [6.45, 7) is 9.91. The topological polar surface area (TPSA) is 44.4 Å². The summed E-state index contributed by atoms with van der Waals surface area (Å²) in [5.74, 6) is 1.32. The molecular formula is C16H31N3O. The number of likely N-dealkylation sites (tertiary alicyclic amines) is 1. The Hall–Kier alpha value is -0.610. The van der Waals surface area contributed by atoms with Crippen molar-refractivity contribution in [3.63, 3.8) is 0 Å². The van der Waals surface area contributed by atoms with E-state index < -0.39 is 0 Å². The van der Waals surface area contributed by atoms with E-state index in [2.05, 4.69) is 29.4 Å². The van der Waals surface area contributed by atoms with Crippen LogP contribution >= 0.6 is 0 Å². The standard InChI is InChI=1S/C16H31N3O/c1-3-19-10-6-14(7-11-19)4-8-18-16(20)15-5-9-17-13(2)12-15/h13-15,17H,3-12H2,1-2H3,(H,18,20)/t13-,15-/m0/s1. The Labute approximate surface area is 123 Å². The minimum absolute atomic E-state index is 0.230. The molecule has 20 heavy (non-hydrogen) atoms. The van der Waals surface area contributed by atoms with Gasteiger partial charge in [-0.2, -0.15) is 0 Å². The molecule has 0 spiro atoms. The van der Waals surface area contributed by atoms with Crippen molar-refractivity contribution in [2.45, 2.75) is 52.0 Å².